The summed E-state index contributed by atoms with van der Waals surface area (Å²) in [5.74, 6) is -0.0228. The van der Waals surface area contributed by atoms with Crippen molar-refractivity contribution in [3.63, 3.8) is 0 Å². The maximum atomic E-state index is 12.8. The third-order valence-electron chi connectivity index (χ3n) is 3.94. The average molecular weight is 362 g/mol. The quantitative estimate of drug-likeness (QED) is 0.745. The molecule has 1 aromatic carbocycles. The van der Waals surface area contributed by atoms with Crippen LogP contribution in [0, 0.1) is 5.92 Å². The van der Waals surface area contributed by atoms with Gasteiger partial charge in [0.05, 0.1) is 19.6 Å². The first-order valence-corrected chi connectivity index (χ1v) is 8.89. The van der Waals surface area contributed by atoms with Crippen LogP contribution in [0.2, 0.25) is 0 Å². The topological polar surface area (TPSA) is 84.9 Å². The van der Waals surface area contributed by atoms with E-state index in [-0.39, 0.29) is 24.8 Å². The molecule has 0 saturated carbocycles. The van der Waals surface area contributed by atoms with Crippen molar-refractivity contribution in [1.82, 2.24) is 10.2 Å². The Morgan fingerprint density at radius 3 is 2.58 bits per heavy atom. The highest BCUT2D eigenvalue weighted by Gasteiger charge is 2.35. The molecule has 0 aromatic heterocycles. The normalized spacial score (nSPS) is 17.0. The molecule has 142 valence electrons. The van der Waals surface area contributed by atoms with Crippen molar-refractivity contribution in [2.75, 3.05) is 26.3 Å². The molecule has 1 aliphatic rings. The van der Waals surface area contributed by atoms with Crippen molar-refractivity contribution in [3.8, 4) is 5.75 Å². The highest BCUT2D eigenvalue weighted by atomic mass is 16.5. The highest BCUT2D eigenvalue weighted by molar-refractivity contribution is 5.99. The fraction of sp³-hybridized carbons (Fsp3) is 0.526. The molecule has 2 rings (SSSR count). The van der Waals surface area contributed by atoms with Gasteiger partial charge < -0.3 is 19.7 Å². The number of rotatable bonds is 7. The molecule has 26 heavy (non-hydrogen) atoms. The average Bonchev–Trinajstić information content (AvgIpc) is 2.62. The lowest BCUT2D eigenvalue weighted by Crippen LogP contribution is -2.57. The van der Waals surface area contributed by atoms with Crippen LogP contribution in [0.3, 0.4) is 0 Å². The van der Waals surface area contributed by atoms with Gasteiger partial charge >= 0.3 is 5.97 Å². The van der Waals surface area contributed by atoms with Gasteiger partial charge in [0.2, 0.25) is 5.91 Å². The predicted molar refractivity (Wildman–Crippen MR) is 95.9 cm³/mol. The zero-order valence-electron chi connectivity index (χ0n) is 15.5. The Labute approximate surface area is 153 Å². The van der Waals surface area contributed by atoms with Gasteiger partial charge in [0, 0.05) is 18.7 Å². The van der Waals surface area contributed by atoms with E-state index in [4.69, 9.17) is 9.47 Å². The van der Waals surface area contributed by atoms with E-state index in [1.54, 1.807) is 31.2 Å². The zero-order chi connectivity index (χ0) is 19.1. The summed E-state index contributed by atoms with van der Waals surface area (Å²) in [6.07, 6.45) is -0.152. The van der Waals surface area contributed by atoms with E-state index in [0.717, 1.165) is 0 Å². The SMILES string of the molecule is CCOC(=O)C[C@H]1C(=O)NCCN1C(=O)c1ccc(OCC(C)C)cc1. The summed E-state index contributed by atoms with van der Waals surface area (Å²) in [7, 11) is 0. The van der Waals surface area contributed by atoms with Gasteiger partial charge in [-0.15, -0.1) is 0 Å². The number of carbonyl (C=O) groups is 3. The van der Waals surface area contributed by atoms with Crippen molar-refractivity contribution in [2.24, 2.45) is 5.92 Å². The maximum absolute atomic E-state index is 12.8. The Balaban J connectivity index is 2.09. The van der Waals surface area contributed by atoms with Crippen LogP contribution in [0.1, 0.15) is 37.6 Å². The minimum atomic E-state index is -0.854. The molecule has 2 amide bonds. The summed E-state index contributed by atoms with van der Waals surface area (Å²) in [6, 6.07) is 5.96. The molecule has 0 bridgehead atoms. The van der Waals surface area contributed by atoms with E-state index in [0.29, 0.717) is 36.9 Å². The van der Waals surface area contributed by atoms with E-state index in [1.165, 1.54) is 4.90 Å². The molecular weight excluding hydrogens is 336 g/mol. The number of ether oxygens (including phenoxy) is 2. The largest absolute Gasteiger partial charge is 0.493 e. The standard InChI is InChI=1S/C19H26N2O5/c1-4-25-17(22)11-16-18(23)20-9-10-21(16)19(24)14-5-7-15(8-6-14)26-12-13(2)3/h5-8,13,16H,4,9-12H2,1-3H3,(H,20,23)/t16-/m0/s1. The van der Waals surface area contributed by atoms with Crippen LogP contribution in [-0.4, -0.2) is 55.0 Å². The molecule has 1 saturated heterocycles. The Hall–Kier alpha value is -2.57. The molecule has 7 heteroatoms. The third-order valence-corrected chi connectivity index (χ3v) is 3.94. The van der Waals surface area contributed by atoms with Crippen molar-refractivity contribution in [1.29, 1.82) is 0 Å². The third kappa shape index (κ3) is 5.21. The summed E-state index contributed by atoms with van der Waals surface area (Å²) in [6.45, 7) is 7.36. The molecule has 0 spiro atoms. The molecule has 1 aliphatic heterocycles. The van der Waals surface area contributed by atoms with Crippen LogP contribution >= 0.6 is 0 Å². The Morgan fingerprint density at radius 1 is 1.27 bits per heavy atom. The first kappa shape index (κ1) is 19.8. The van der Waals surface area contributed by atoms with Gasteiger partial charge in [-0.1, -0.05) is 13.8 Å². The Kier molecular flexibility index (Phi) is 7.00. The number of esters is 1. The first-order chi connectivity index (χ1) is 12.4. The fourth-order valence-electron chi connectivity index (χ4n) is 2.66. The molecule has 0 radical (unpaired) electrons. The number of nitrogens with zero attached hydrogens (tertiary/aromatic N) is 1. The van der Waals surface area contributed by atoms with Crippen LogP contribution in [0.15, 0.2) is 24.3 Å². The second-order valence-corrected chi connectivity index (χ2v) is 6.54. The van der Waals surface area contributed by atoms with E-state index >= 15 is 0 Å². The van der Waals surface area contributed by atoms with Crippen LogP contribution < -0.4 is 10.1 Å². The molecule has 1 N–H and O–H groups in total. The summed E-state index contributed by atoms with van der Waals surface area (Å²) in [5, 5.41) is 2.69. The number of piperazine rings is 1. The second-order valence-electron chi connectivity index (χ2n) is 6.54. The van der Waals surface area contributed by atoms with Crippen molar-refractivity contribution in [3.05, 3.63) is 29.8 Å². The maximum Gasteiger partial charge on any atom is 0.308 e. The minimum Gasteiger partial charge on any atom is -0.493 e. The molecule has 1 aromatic rings. The summed E-state index contributed by atoms with van der Waals surface area (Å²) in [5.41, 5.74) is 0.449. The Morgan fingerprint density at radius 2 is 1.96 bits per heavy atom. The van der Waals surface area contributed by atoms with Gasteiger partial charge in [-0.25, -0.2) is 0 Å². The van der Waals surface area contributed by atoms with Gasteiger partial charge in [0.25, 0.3) is 5.91 Å². The number of hydrogen-bond acceptors (Lipinski definition) is 5. The molecular formula is C19H26N2O5. The molecule has 1 atom stereocenters. The van der Waals surface area contributed by atoms with Crippen LogP contribution in [-0.2, 0) is 14.3 Å². The molecule has 1 heterocycles. The van der Waals surface area contributed by atoms with E-state index in [2.05, 4.69) is 19.2 Å². The first-order valence-electron chi connectivity index (χ1n) is 8.89. The minimum absolute atomic E-state index is 0.152. The number of benzene rings is 1. The van der Waals surface area contributed by atoms with E-state index < -0.39 is 12.0 Å². The molecule has 1 fully saturated rings. The predicted octanol–water partition coefficient (Wildman–Crippen LogP) is 1.62. The lowest BCUT2D eigenvalue weighted by atomic mass is 10.1. The van der Waals surface area contributed by atoms with Gasteiger partial charge in [0.15, 0.2) is 0 Å². The summed E-state index contributed by atoms with van der Waals surface area (Å²) in [4.78, 5) is 38.2. The molecule has 7 nitrogen and oxygen atoms in total. The van der Waals surface area contributed by atoms with Crippen LogP contribution in [0.4, 0.5) is 0 Å². The van der Waals surface area contributed by atoms with Crippen LogP contribution in [0.5, 0.6) is 5.75 Å². The Bertz CT molecular complexity index is 642. The number of hydrogen-bond donors (Lipinski definition) is 1. The fourth-order valence-corrected chi connectivity index (χ4v) is 2.66. The van der Waals surface area contributed by atoms with E-state index in [9.17, 15) is 14.4 Å². The summed E-state index contributed by atoms with van der Waals surface area (Å²) < 4.78 is 10.5. The number of nitrogens with one attached hydrogen (secondary N) is 1. The highest BCUT2D eigenvalue weighted by Crippen LogP contribution is 2.18. The van der Waals surface area contributed by atoms with Gasteiger partial charge in [0.1, 0.15) is 11.8 Å². The number of carbonyl (C=O) groups excluding carboxylic acids is 3. The number of amides is 2. The van der Waals surface area contributed by atoms with Gasteiger partial charge in [-0.2, -0.15) is 0 Å². The molecule has 0 unspecified atom stereocenters. The summed E-state index contributed by atoms with van der Waals surface area (Å²) >= 11 is 0. The lowest BCUT2D eigenvalue weighted by Gasteiger charge is -2.34. The second kappa shape index (κ2) is 9.22. The van der Waals surface area contributed by atoms with Crippen LogP contribution in [0.25, 0.3) is 0 Å². The smallest absolute Gasteiger partial charge is 0.308 e. The van der Waals surface area contributed by atoms with Crippen molar-refractivity contribution in [2.45, 2.75) is 33.2 Å². The van der Waals surface area contributed by atoms with Gasteiger partial charge in [-0.05, 0) is 37.1 Å². The monoisotopic (exact) mass is 362 g/mol. The van der Waals surface area contributed by atoms with Gasteiger partial charge in [-0.3, -0.25) is 14.4 Å². The van der Waals surface area contributed by atoms with E-state index in [1.807, 2.05) is 0 Å². The van der Waals surface area contributed by atoms with Crippen molar-refractivity contribution < 1.29 is 23.9 Å². The zero-order valence-corrected chi connectivity index (χ0v) is 15.5. The molecule has 0 aliphatic carbocycles. The lowest BCUT2D eigenvalue weighted by molar-refractivity contribution is -0.147. The van der Waals surface area contributed by atoms with Crippen molar-refractivity contribution >= 4 is 17.8 Å².